The molecule has 0 aliphatic rings. The summed E-state index contributed by atoms with van der Waals surface area (Å²) in [5, 5.41) is 10.2. The predicted octanol–water partition coefficient (Wildman–Crippen LogP) is 2.34. The number of carbonyl (C=O) groups is 1. The average Bonchev–Trinajstić information content (AvgIpc) is 2.49. The number of benzene rings is 2. The van der Waals surface area contributed by atoms with Gasteiger partial charge in [-0.3, -0.25) is 0 Å². The van der Waals surface area contributed by atoms with E-state index in [0.29, 0.717) is 11.3 Å². The summed E-state index contributed by atoms with van der Waals surface area (Å²) in [6, 6.07) is 17.5. The molecule has 2 aromatic carbocycles. The van der Waals surface area contributed by atoms with Crippen LogP contribution in [0.15, 0.2) is 60.7 Å². The number of esters is 1. The number of para-hydroxylation sites is 1. The van der Waals surface area contributed by atoms with Crippen LogP contribution in [0, 0.1) is 0 Å². The first-order valence-corrected chi connectivity index (χ1v) is 6.25. The van der Waals surface area contributed by atoms with Crippen LogP contribution in [-0.2, 0) is 9.53 Å². The summed E-state index contributed by atoms with van der Waals surface area (Å²) in [5.41, 5.74) is 0.601. The molecule has 2 rings (SSSR count). The molecule has 4 heteroatoms. The second kappa shape index (κ2) is 6.84. The fourth-order valence-electron chi connectivity index (χ4n) is 1.84. The van der Waals surface area contributed by atoms with Gasteiger partial charge in [0.05, 0.1) is 0 Å². The number of methoxy groups -OCH3 is 1. The van der Waals surface area contributed by atoms with Crippen molar-refractivity contribution in [3.63, 3.8) is 0 Å². The Morgan fingerprint density at radius 3 is 2.10 bits per heavy atom. The second-order valence-corrected chi connectivity index (χ2v) is 4.25. The Hall–Kier alpha value is -2.17. The van der Waals surface area contributed by atoms with Gasteiger partial charge in [-0.05, 0) is 17.7 Å². The molecule has 0 radical (unpaired) electrons. The number of hydrogen-bond donors (Lipinski definition) is 1. The van der Waals surface area contributed by atoms with Crippen LogP contribution in [0.3, 0.4) is 0 Å². The zero-order valence-corrected chi connectivity index (χ0v) is 11.1. The van der Waals surface area contributed by atoms with E-state index in [9.17, 15) is 9.90 Å². The highest BCUT2D eigenvalue weighted by Gasteiger charge is 2.29. The van der Waals surface area contributed by atoms with E-state index in [1.54, 1.807) is 48.5 Å². The summed E-state index contributed by atoms with van der Waals surface area (Å²) in [4.78, 5) is 12.1. The lowest BCUT2D eigenvalue weighted by Crippen LogP contribution is -2.33. The van der Waals surface area contributed by atoms with Crippen LogP contribution in [0.5, 0.6) is 5.75 Å². The summed E-state index contributed by atoms with van der Waals surface area (Å²) in [6.07, 6.45) is -2.14. The molecule has 0 unspecified atom stereocenters. The van der Waals surface area contributed by atoms with Crippen molar-refractivity contribution >= 4 is 5.97 Å². The maximum absolute atomic E-state index is 12.1. The van der Waals surface area contributed by atoms with Crippen molar-refractivity contribution in [2.75, 3.05) is 7.11 Å². The second-order valence-electron chi connectivity index (χ2n) is 4.25. The smallest absolute Gasteiger partial charge is 0.343 e. The first kappa shape index (κ1) is 14.2. The Labute approximate surface area is 117 Å². The van der Waals surface area contributed by atoms with Crippen LogP contribution in [-0.4, -0.2) is 24.3 Å². The van der Waals surface area contributed by atoms with Gasteiger partial charge in [-0.15, -0.1) is 0 Å². The largest absolute Gasteiger partial charge is 0.425 e. The van der Waals surface area contributed by atoms with E-state index in [1.807, 2.05) is 12.1 Å². The third-order valence-electron chi connectivity index (χ3n) is 2.88. The fraction of sp³-hybridized carbons (Fsp3) is 0.188. The maximum atomic E-state index is 12.1. The molecule has 0 amide bonds. The molecule has 1 N–H and O–H groups in total. The van der Waals surface area contributed by atoms with Crippen molar-refractivity contribution < 1.29 is 19.4 Å². The lowest BCUT2D eigenvalue weighted by atomic mass is 10.0. The van der Waals surface area contributed by atoms with Crippen molar-refractivity contribution in [2.45, 2.75) is 12.2 Å². The number of hydrogen-bond acceptors (Lipinski definition) is 4. The monoisotopic (exact) mass is 272 g/mol. The van der Waals surface area contributed by atoms with Crippen molar-refractivity contribution in [2.24, 2.45) is 0 Å². The molecule has 20 heavy (non-hydrogen) atoms. The lowest BCUT2D eigenvalue weighted by molar-refractivity contribution is -0.153. The van der Waals surface area contributed by atoms with Gasteiger partial charge in [0, 0.05) is 7.11 Å². The Morgan fingerprint density at radius 2 is 1.55 bits per heavy atom. The maximum Gasteiger partial charge on any atom is 0.343 e. The molecule has 2 atom stereocenters. The van der Waals surface area contributed by atoms with Crippen molar-refractivity contribution in [3.05, 3.63) is 66.2 Å². The molecule has 0 saturated heterocycles. The first-order valence-electron chi connectivity index (χ1n) is 6.25. The standard InChI is InChI=1S/C16H16O4/c1-19-15(14(17)12-8-4-2-5-9-12)16(18)20-13-10-6-3-7-11-13/h2-11,14-15,17H,1H3/t14-,15-/m1/s1. The molecular weight excluding hydrogens is 256 g/mol. The highest BCUT2D eigenvalue weighted by Crippen LogP contribution is 2.20. The molecule has 0 bridgehead atoms. The van der Waals surface area contributed by atoms with Crippen LogP contribution in [0.25, 0.3) is 0 Å². The average molecular weight is 272 g/mol. The number of carbonyl (C=O) groups excluding carboxylic acids is 1. The van der Waals surface area contributed by atoms with Gasteiger partial charge >= 0.3 is 5.97 Å². The number of aliphatic hydroxyl groups excluding tert-OH is 1. The van der Waals surface area contributed by atoms with Crippen molar-refractivity contribution in [3.8, 4) is 5.75 Å². The minimum atomic E-state index is -1.07. The van der Waals surface area contributed by atoms with Gasteiger partial charge in [-0.2, -0.15) is 0 Å². The van der Waals surface area contributed by atoms with Crippen LogP contribution in [0.1, 0.15) is 11.7 Å². The molecule has 0 aliphatic heterocycles. The van der Waals surface area contributed by atoms with Crippen LogP contribution in [0.2, 0.25) is 0 Å². The Morgan fingerprint density at radius 1 is 1.00 bits per heavy atom. The van der Waals surface area contributed by atoms with Gasteiger partial charge in [0.25, 0.3) is 0 Å². The van der Waals surface area contributed by atoms with E-state index in [1.165, 1.54) is 7.11 Å². The topological polar surface area (TPSA) is 55.8 Å². The summed E-state index contributed by atoms with van der Waals surface area (Å²) < 4.78 is 10.3. The predicted molar refractivity (Wildman–Crippen MR) is 74.3 cm³/mol. The van der Waals surface area contributed by atoms with Gasteiger partial charge in [-0.25, -0.2) is 4.79 Å². The molecule has 0 aliphatic carbocycles. The van der Waals surface area contributed by atoms with Gasteiger partial charge in [-0.1, -0.05) is 48.5 Å². The molecule has 104 valence electrons. The lowest BCUT2D eigenvalue weighted by Gasteiger charge is -2.20. The highest BCUT2D eigenvalue weighted by molar-refractivity contribution is 5.78. The summed E-state index contributed by atoms with van der Waals surface area (Å²) >= 11 is 0. The van der Waals surface area contributed by atoms with Crippen molar-refractivity contribution in [1.29, 1.82) is 0 Å². The third kappa shape index (κ3) is 3.44. The van der Waals surface area contributed by atoms with Crippen LogP contribution >= 0.6 is 0 Å². The zero-order valence-electron chi connectivity index (χ0n) is 11.1. The Kier molecular flexibility index (Phi) is 4.87. The molecule has 0 aromatic heterocycles. The molecule has 2 aromatic rings. The molecule has 0 heterocycles. The summed E-state index contributed by atoms with van der Waals surface area (Å²) in [6.45, 7) is 0. The first-order chi connectivity index (χ1) is 9.72. The normalized spacial score (nSPS) is 13.5. The molecule has 4 nitrogen and oxygen atoms in total. The number of rotatable bonds is 5. The van der Waals surface area contributed by atoms with E-state index >= 15 is 0 Å². The van der Waals surface area contributed by atoms with E-state index < -0.39 is 18.2 Å². The third-order valence-corrected chi connectivity index (χ3v) is 2.88. The van der Waals surface area contributed by atoms with Crippen LogP contribution in [0.4, 0.5) is 0 Å². The molecule has 0 spiro atoms. The molecule has 0 fully saturated rings. The summed E-state index contributed by atoms with van der Waals surface area (Å²) in [7, 11) is 1.36. The fourth-order valence-corrected chi connectivity index (χ4v) is 1.84. The van der Waals surface area contributed by atoms with E-state index in [-0.39, 0.29) is 0 Å². The minimum Gasteiger partial charge on any atom is -0.425 e. The molecular formula is C16H16O4. The molecule has 0 saturated carbocycles. The van der Waals surface area contributed by atoms with E-state index in [0.717, 1.165) is 0 Å². The van der Waals surface area contributed by atoms with Gasteiger partial charge in [0.15, 0.2) is 6.10 Å². The Bertz CT molecular complexity index is 539. The van der Waals surface area contributed by atoms with Gasteiger partial charge < -0.3 is 14.6 Å². The van der Waals surface area contributed by atoms with E-state index in [2.05, 4.69) is 0 Å². The number of ether oxygens (including phenoxy) is 2. The Balaban J connectivity index is 2.10. The zero-order chi connectivity index (χ0) is 14.4. The number of aliphatic hydroxyl groups is 1. The van der Waals surface area contributed by atoms with Crippen molar-refractivity contribution in [1.82, 2.24) is 0 Å². The van der Waals surface area contributed by atoms with Gasteiger partial charge in [0.2, 0.25) is 0 Å². The minimum absolute atomic E-state index is 0.416. The summed E-state index contributed by atoms with van der Waals surface area (Å²) in [5.74, 6) is -0.213. The van der Waals surface area contributed by atoms with Crippen LogP contribution < -0.4 is 4.74 Å². The highest BCUT2D eigenvalue weighted by atomic mass is 16.6. The SMILES string of the molecule is CO[C@@H](C(=O)Oc1ccccc1)[C@H](O)c1ccccc1. The van der Waals surface area contributed by atoms with E-state index in [4.69, 9.17) is 9.47 Å². The quantitative estimate of drug-likeness (QED) is 0.670. The van der Waals surface area contributed by atoms with Gasteiger partial charge in [0.1, 0.15) is 11.9 Å².